The van der Waals surface area contributed by atoms with Crippen LogP contribution in [0.25, 0.3) is 0 Å². The summed E-state index contributed by atoms with van der Waals surface area (Å²) in [5, 5.41) is 3.59. The number of hydrogen-bond acceptors (Lipinski definition) is 3. The minimum atomic E-state index is 0.150. The third-order valence-electron chi connectivity index (χ3n) is 3.35. The van der Waals surface area contributed by atoms with Crippen molar-refractivity contribution in [3.8, 4) is 5.75 Å². The second-order valence-electron chi connectivity index (χ2n) is 5.40. The van der Waals surface area contributed by atoms with Crippen molar-refractivity contribution in [1.29, 1.82) is 0 Å². The molecule has 1 aliphatic carbocycles. The van der Waals surface area contributed by atoms with Gasteiger partial charge in [0.15, 0.2) is 0 Å². The van der Waals surface area contributed by atoms with Crippen LogP contribution in [0.4, 0.5) is 11.4 Å². The predicted molar refractivity (Wildman–Crippen MR) is 77.1 cm³/mol. The molecule has 18 heavy (non-hydrogen) atoms. The molecule has 100 valence electrons. The fourth-order valence-electron chi connectivity index (χ4n) is 2.46. The van der Waals surface area contributed by atoms with Crippen LogP contribution in [0.1, 0.15) is 46.0 Å². The Balaban J connectivity index is 2.03. The minimum absolute atomic E-state index is 0.150. The lowest BCUT2D eigenvalue weighted by Gasteiger charge is -2.24. The Labute approximate surface area is 110 Å². The zero-order chi connectivity index (χ0) is 13.0. The average Bonchev–Trinajstić information content (AvgIpc) is 2.34. The molecule has 0 amide bonds. The van der Waals surface area contributed by atoms with E-state index in [1.807, 2.05) is 32.0 Å². The van der Waals surface area contributed by atoms with Crippen LogP contribution in [0.5, 0.6) is 5.75 Å². The molecule has 0 saturated heterocycles. The number of anilines is 2. The molecular formula is C15H24N2O. The molecule has 3 heteroatoms. The highest BCUT2D eigenvalue weighted by Crippen LogP contribution is 2.28. The largest absolute Gasteiger partial charge is 0.489 e. The highest BCUT2D eigenvalue weighted by molar-refractivity contribution is 5.61. The Bertz CT molecular complexity index is 384. The maximum atomic E-state index is 5.92. The summed E-state index contributed by atoms with van der Waals surface area (Å²) in [7, 11) is 0. The summed E-state index contributed by atoms with van der Waals surface area (Å²) in [4.78, 5) is 0. The van der Waals surface area contributed by atoms with Crippen LogP contribution >= 0.6 is 0 Å². The third-order valence-corrected chi connectivity index (χ3v) is 3.35. The first-order valence-corrected chi connectivity index (χ1v) is 6.98. The van der Waals surface area contributed by atoms with Crippen molar-refractivity contribution in [2.75, 3.05) is 11.1 Å². The van der Waals surface area contributed by atoms with Crippen molar-refractivity contribution in [3.63, 3.8) is 0 Å². The maximum Gasteiger partial charge on any atom is 0.144 e. The second kappa shape index (κ2) is 5.98. The fraction of sp³-hybridized carbons (Fsp3) is 0.600. The van der Waals surface area contributed by atoms with Crippen LogP contribution in [-0.2, 0) is 0 Å². The van der Waals surface area contributed by atoms with E-state index in [-0.39, 0.29) is 6.10 Å². The van der Waals surface area contributed by atoms with E-state index in [1.54, 1.807) is 0 Å². The van der Waals surface area contributed by atoms with Crippen molar-refractivity contribution in [2.45, 2.75) is 58.1 Å². The molecule has 0 spiro atoms. The first-order chi connectivity index (χ1) is 8.65. The van der Waals surface area contributed by atoms with Crippen molar-refractivity contribution >= 4 is 11.4 Å². The molecule has 3 nitrogen and oxygen atoms in total. The van der Waals surface area contributed by atoms with Gasteiger partial charge in [-0.2, -0.15) is 0 Å². The molecule has 0 bridgehead atoms. The van der Waals surface area contributed by atoms with E-state index < -0.39 is 0 Å². The lowest BCUT2D eigenvalue weighted by atomic mass is 9.95. The standard InChI is InChI=1S/C15H24N2O/c1-11(2)18-15-10-13(8-9-14(15)16)17-12-6-4-3-5-7-12/h8-12,17H,3-7,16H2,1-2H3. The molecule has 0 aromatic heterocycles. The number of nitrogens with one attached hydrogen (secondary N) is 1. The van der Waals surface area contributed by atoms with E-state index in [4.69, 9.17) is 10.5 Å². The quantitative estimate of drug-likeness (QED) is 0.797. The lowest BCUT2D eigenvalue weighted by Crippen LogP contribution is -2.22. The molecular weight excluding hydrogens is 224 g/mol. The lowest BCUT2D eigenvalue weighted by molar-refractivity contribution is 0.244. The molecule has 0 heterocycles. The molecule has 0 radical (unpaired) electrons. The van der Waals surface area contributed by atoms with Gasteiger partial charge in [-0.15, -0.1) is 0 Å². The third kappa shape index (κ3) is 3.56. The SMILES string of the molecule is CC(C)Oc1cc(NC2CCCCC2)ccc1N. The van der Waals surface area contributed by atoms with Gasteiger partial charge in [0.1, 0.15) is 5.75 Å². The van der Waals surface area contributed by atoms with Crippen LogP contribution < -0.4 is 15.8 Å². The van der Waals surface area contributed by atoms with Gasteiger partial charge in [-0.3, -0.25) is 0 Å². The van der Waals surface area contributed by atoms with Gasteiger partial charge < -0.3 is 15.8 Å². The predicted octanol–water partition coefficient (Wildman–Crippen LogP) is 3.80. The molecule has 0 aliphatic heterocycles. The molecule has 1 aromatic rings. The van der Waals surface area contributed by atoms with Gasteiger partial charge in [-0.25, -0.2) is 0 Å². The monoisotopic (exact) mass is 248 g/mol. The van der Waals surface area contributed by atoms with Crippen LogP contribution in [-0.4, -0.2) is 12.1 Å². The van der Waals surface area contributed by atoms with Crippen molar-refractivity contribution in [3.05, 3.63) is 18.2 Å². The Morgan fingerprint density at radius 2 is 1.94 bits per heavy atom. The van der Waals surface area contributed by atoms with Crippen LogP contribution in [0, 0.1) is 0 Å². The van der Waals surface area contributed by atoms with Gasteiger partial charge in [0.05, 0.1) is 11.8 Å². The van der Waals surface area contributed by atoms with Crippen molar-refractivity contribution < 1.29 is 4.74 Å². The summed E-state index contributed by atoms with van der Waals surface area (Å²) in [6.45, 7) is 4.03. The Hall–Kier alpha value is -1.38. The summed E-state index contributed by atoms with van der Waals surface area (Å²) in [5.41, 5.74) is 7.74. The molecule has 0 atom stereocenters. The first-order valence-electron chi connectivity index (χ1n) is 6.98. The normalized spacial score (nSPS) is 16.8. The van der Waals surface area contributed by atoms with E-state index in [0.29, 0.717) is 11.7 Å². The van der Waals surface area contributed by atoms with Gasteiger partial charge in [0, 0.05) is 17.8 Å². The highest BCUT2D eigenvalue weighted by Gasteiger charge is 2.13. The molecule has 1 aliphatic rings. The molecule has 1 aromatic carbocycles. The smallest absolute Gasteiger partial charge is 0.144 e. The zero-order valence-corrected chi connectivity index (χ0v) is 11.4. The number of nitrogen functional groups attached to an aromatic ring is 1. The zero-order valence-electron chi connectivity index (χ0n) is 11.4. The van der Waals surface area contributed by atoms with E-state index in [0.717, 1.165) is 11.4 Å². The topological polar surface area (TPSA) is 47.3 Å². The van der Waals surface area contributed by atoms with E-state index in [1.165, 1.54) is 32.1 Å². The van der Waals surface area contributed by atoms with Gasteiger partial charge in [-0.1, -0.05) is 19.3 Å². The van der Waals surface area contributed by atoms with Crippen LogP contribution in [0.3, 0.4) is 0 Å². The number of ether oxygens (including phenoxy) is 1. The second-order valence-corrected chi connectivity index (χ2v) is 5.40. The fourth-order valence-corrected chi connectivity index (χ4v) is 2.46. The van der Waals surface area contributed by atoms with E-state index in [9.17, 15) is 0 Å². The first kappa shape index (κ1) is 13.1. The van der Waals surface area contributed by atoms with Gasteiger partial charge in [0.2, 0.25) is 0 Å². The highest BCUT2D eigenvalue weighted by atomic mass is 16.5. The summed E-state index contributed by atoms with van der Waals surface area (Å²) in [6, 6.07) is 6.58. The number of hydrogen-bond donors (Lipinski definition) is 2. The summed E-state index contributed by atoms with van der Waals surface area (Å²) < 4.78 is 5.71. The Morgan fingerprint density at radius 1 is 1.22 bits per heavy atom. The average molecular weight is 248 g/mol. The number of nitrogens with two attached hydrogens (primary N) is 1. The van der Waals surface area contributed by atoms with Gasteiger partial charge in [0.25, 0.3) is 0 Å². The Morgan fingerprint density at radius 3 is 2.61 bits per heavy atom. The molecule has 2 rings (SSSR count). The van der Waals surface area contributed by atoms with Crippen molar-refractivity contribution in [1.82, 2.24) is 0 Å². The minimum Gasteiger partial charge on any atom is -0.489 e. The molecule has 0 unspecified atom stereocenters. The number of benzene rings is 1. The van der Waals surface area contributed by atoms with Gasteiger partial charge >= 0.3 is 0 Å². The summed E-state index contributed by atoms with van der Waals surface area (Å²) in [5.74, 6) is 0.783. The van der Waals surface area contributed by atoms with Crippen molar-refractivity contribution in [2.24, 2.45) is 0 Å². The van der Waals surface area contributed by atoms with Gasteiger partial charge in [-0.05, 0) is 38.8 Å². The Kier molecular flexibility index (Phi) is 4.34. The van der Waals surface area contributed by atoms with Crippen LogP contribution in [0.15, 0.2) is 18.2 Å². The molecule has 1 fully saturated rings. The molecule has 3 N–H and O–H groups in total. The van der Waals surface area contributed by atoms with E-state index >= 15 is 0 Å². The van der Waals surface area contributed by atoms with Crippen LogP contribution in [0.2, 0.25) is 0 Å². The van der Waals surface area contributed by atoms with E-state index in [2.05, 4.69) is 5.32 Å². The summed E-state index contributed by atoms with van der Waals surface area (Å²) >= 11 is 0. The molecule has 1 saturated carbocycles. The number of rotatable bonds is 4. The maximum absolute atomic E-state index is 5.92. The summed E-state index contributed by atoms with van der Waals surface area (Å²) in [6.07, 6.45) is 6.73.